The van der Waals surface area contributed by atoms with Crippen molar-refractivity contribution in [3.63, 3.8) is 0 Å². The highest BCUT2D eigenvalue weighted by Gasteiger charge is 2.27. The average molecular weight is 212 g/mol. The molecule has 0 amide bonds. The number of ether oxygens (including phenoxy) is 1. The highest BCUT2D eigenvalue weighted by Crippen LogP contribution is 2.31. The first-order chi connectivity index (χ1) is 7.40. The van der Waals surface area contributed by atoms with Gasteiger partial charge in [-0.05, 0) is 37.6 Å². The Balaban J connectivity index is 1.78. The molecule has 2 aliphatic rings. The third-order valence-electron chi connectivity index (χ3n) is 3.93. The molecule has 1 aliphatic carbocycles. The fraction of sp³-hybridized carbons (Fsp3) is 1.00. The van der Waals surface area contributed by atoms with Crippen molar-refractivity contribution in [2.75, 3.05) is 39.4 Å². The molecule has 0 aromatic rings. The first kappa shape index (κ1) is 11.4. The maximum Gasteiger partial charge on any atom is 0.0593 e. The van der Waals surface area contributed by atoms with Crippen molar-refractivity contribution in [1.82, 2.24) is 4.90 Å². The van der Waals surface area contributed by atoms with Crippen LogP contribution in [0.3, 0.4) is 0 Å². The summed E-state index contributed by atoms with van der Waals surface area (Å²) < 4.78 is 5.48. The molecule has 15 heavy (non-hydrogen) atoms. The van der Waals surface area contributed by atoms with E-state index in [-0.39, 0.29) is 0 Å². The Hall–Kier alpha value is -0.120. The lowest BCUT2D eigenvalue weighted by atomic mass is 9.95. The van der Waals surface area contributed by atoms with E-state index in [1.807, 2.05) is 0 Å². The molecule has 0 spiro atoms. The Kier molecular flexibility index (Phi) is 4.42. The molecule has 0 radical (unpaired) electrons. The summed E-state index contributed by atoms with van der Waals surface area (Å²) in [5, 5.41) is 0. The van der Waals surface area contributed by atoms with E-state index in [0.717, 1.165) is 38.1 Å². The minimum atomic E-state index is 0.786. The van der Waals surface area contributed by atoms with Crippen LogP contribution in [0.4, 0.5) is 0 Å². The van der Waals surface area contributed by atoms with Gasteiger partial charge in [0, 0.05) is 26.2 Å². The summed E-state index contributed by atoms with van der Waals surface area (Å²) in [5.74, 6) is 1.64. The van der Waals surface area contributed by atoms with Crippen LogP contribution in [0.15, 0.2) is 0 Å². The molecule has 1 heterocycles. The van der Waals surface area contributed by atoms with E-state index < -0.39 is 0 Å². The van der Waals surface area contributed by atoms with Crippen LogP contribution in [0.25, 0.3) is 0 Å². The number of hydrogen-bond donors (Lipinski definition) is 1. The normalized spacial score (nSPS) is 34.2. The van der Waals surface area contributed by atoms with Crippen molar-refractivity contribution in [2.24, 2.45) is 17.6 Å². The largest absolute Gasteiger partial charge is 0.380 e. The number of nitrogens with zero attached hydrogens (tertiary/aromatic N) is 1. The molecule has 0 bridgehead atoms. The summed E-state index contributed by atoms with van der Waals surface area (Å²) in [5.41, 5.74) is 5.82. The van der Waals surface area contributed by atoms with Gasteiger partial charge in [-0.3, -0.25) is 0 Å². The van der Waals surface area contributed by atoms with Gasteiger partial charge in [-0.1, -0.05) is 6.42 Å². The second-order valence-electron chi connectivity index (χ2n) is 4.95. The van der Waals surface area contributed by atoms with Gasteiger partial charge in [0.25, 0.3) is 0 Å². The number of nitrogens with two attached hydrogens (primary N) is 1. The van der Waals surface area contributed by atoms with Crippen LogP contribution in [-0.2, 0) is 4.74 Å². The molecule has 88 valence electrons. The lowest BCUT2D eigenvalue weighted by Crippen LogP contribution is -2.34. The Morgan fingerprint density at radius 2 is 1.93 bits per heavy atom. The SMILES string of the molecule is NCC1CCCC1CN1CCCOCC1. The van der Waals surface area contributed by atoms with Crippen LogP contribution in [0.2, 0.25) is 0 Å². The zero-order chi connectivity index (χ0) is 10.5. The molecule has 2 rings (SSSR count). The predicted molar refractivity (Wildman–Crippen MR) is 61.8 cm³/mol. The zero-order valence-electron chi connectivity index (χ0n) is 9.66. The summed E-state index contributed by atoms with van der Waals surface area (Å²) in [4.78, 5) is 2.58. The van der Waals surface area contributed by atoms with Crippen LogP contribution in [0, 0.1) is 11.8 Å². The van der Waals surface area contributed by atoms with Crippen molar-refractivity contribution < 1.29 is 4.74 Å². The van der Waals surface area contributed by atoms with Crippen molar-refractivity contribution in [3.05, 3.63) is 0 Å². The molecule has 2 N–H and O–H groups in total. The molecule has 3 heteroatoms. The number of hydrogen-bond acceptors (Lipinski definition) is 3. The van der Waals surface area contributed by atoms with Gasteiger partial charge in [-0.2, -0.15) is 0 Å². The summed E-state index contributed by atoms with van der Waals surface area (Å²) in [6.45, 7) is 6.34. The van der Waals surface area contributed by atoms with Crippen LogP contribution in [0.1, 0.15) is 25.7 Å². The quantitative estimate of drug-likeness (QED) is 0.761. The van der Waals surface area contributed by atoms with Gasteiger partial charge < -0.3 is 15.4 Å². The highest BCUT2D eigenvalue weighted by molar-refractivity contribution is 4.81. The molecule has 2 unspecified atom stereocenters. The molecule has 1 saturated carbocycles. The van der Waals surface area contributed by atoms with E-state index in [1.165, 1.54) is 38.8 Å². The summed E-state index contributed by atoms with van der Waals surface area (Å²) >= 11 is 0. The van der Waals surface area contributed by atoms with Gasteiger partial charge in [0.15, 0.2) is 0 Å². The van der Waals surface area contributed by atoms with Crippen molar-refractivity contribution in [1.29, 1.82) is 0 Å². The smallest absolute Gasteiger partial charge is 0.0593 e. The van der Waals surface area contributed by atoms with Crippen molar-refractivity contribution in [2.45, 2.75) is 25.7 Å². The Labute approximate surface area is 93.0 Å². The first-order valence-corrected chi connectivity index (χ1v) is 6.40. The standard InChI is InChI=1S/C12H24N2O/c13-9-11-3-1-4-12(11)10-14-5-2-7-15-8-6-14/h11-12H,1-10,13H2. The zero-order valence-corrected chi connectivity index (χ0v) is 9.66. The van der Waals surface area contributed by atoms with E-state index in [0.29, 0.717) is 0 Å². The maximum absolute atomic E-state index is 5.82. The molecule has 0 aromatic carbocycles. The van der Waals surface area contributed by atoms with Crippen molar-refractivity contribution in [3.8, 4) is 0 Å². The molecule has 3 nitrogen and oxygen atoms in total. The molecular formula is C12H24N2O. The average Bonchev–Trinajstić information content (AvgIpc) is 2.53. The first-order valence-electron chi connectivity index (χ1n) is 6.40. The maximum atomic E-state index is 5.82. The van der Waals surface area contributed by atoms with Gasteiger partial charge in [-0.25, -0.2) is 0 Å². The summed E-state index contributed by atoms with van der Waals surface area (Å²) in [6, 6.07) is 0. The van der Waals surface area contributed by atoms with Gasteiger partial charge in [0.05, 0.1) is 6.61 Å². The van der Waals surface area contributed by atoms with Gasteiger partial charge in [0.2, 0.25) is 0 Å². The third kappa shape index (κ3) is 3.16. The predicted octanol–water partition coefficient (Wildman–Crippen LogP) is 1.08. The molecule has 2 atom stereocenters. The second-order valence-corrected chi connectivity index (χ2v) is 4.95. The minimum Gasteiger partial charge on any atom is -0.380 e. The van der Waals surface area contributed by atoms with Crippen LogP contribution in [0.5, 0.6) is 0 Å². The monoisotopic (exact) mass is 212 g/mol. The summed E-state index contributed by atoms with van der Waals surface area (Å²) in [6.07, 6.45) is 5.32. The fourth-order valence-electron chi connectivity index (χ4n) is 2.98. The Bertz CT molecular complexity index is 178. The van der Waals surface area contributed by atoms with E-state index in [9.17, 15) is 0 Å². The van der Waals surface area contributed by atoms with Gasteiger partial charge in [-0.15, -0.1) is 0 Å². The van der Waals surface area contributed by atoms with Gasteiger partial charge >= 0.3 is 0 Å². The molecular weight excluding hydrogens is 188 g/mol. The van der Waals surface area contributed by atoms with E-state index in [1.54, 1.807) is 0 Å². The second kappa shape index (κ2) is 5.83. The fourth-order valence-corrected chi connectivity index (χ4v) is 2.98. The number of rotatable bonds is 3. The Morgan fingerprint density at radius 3 is 2.80 bits per heavy atom. The topological polar surface area (TPSA) is 38.5 Å². The van der Waals surface area contributed by atoms with Crippen LogP contribution < -0.4 is 5.73 Å². The molecule has 1 saturated heterocycles. The Morgan fingerprint density at radius 1 is 1.07 bits per heavy atom. The van der Waals surface area contributed by atoms with Crippen molar-refractivity contribution >= 4 is 0 Å². The highest BCUT2D eigenvalue weighted by atomic mass is 16.5. The molecule has 1 aliphatic heterocycles. The third-order valence-corrected chi connectivity index (χ3v) is 3.93. The summed E-state index contributed by atoms with van der Waals surface area (Å²) in [7, 11) is 0. The lowest BCUT2D eigenvalue weighted by Gasteiger charge is -2.26. The molecule has 2 fully saturated rings. The molecule has 0 aromatic heterocycles. The van der Waals surface area contributed by atoms with Gasteiger partial charge in [0.1, 0.15) is 0 Å². The lowest BCUT2D eigenvalue weighted by molar-refractivity contribution is 0.136. The van der Waals surface area contributed by atoms with Crippen LogP contribution >= 0.6 is 0 Å². The van der Waals surface area contributed by atoms with E-state index in [2.05, 4.69) is 4.90 Å². The van der Waals surface area contributed by atoms with E-state index in [4.69, 9.17) is 10.5 Å². The van der Waals surface area contributed by atoms with E-state index >= 15 is 0 Å². The van der Waals surface area contributed by atoms with Crippen LogP contribution in [-0.4, -0.2) is 44.3 Å². The minimum absolute atomic E-state index is 0.786.